The average molecular weight is 572 g/mol. The minimum absolute atomic E-state index is 0.130. The number of Topliss-reactive ketones (excluding diaryl/α,β-unsaturated/α-hetero) is 1. The number of hydrogen-bond acceptors (Lipinski definition) is 5. The first-order chi connectivity index (χ1) is 17.9. The molecule has 0 bridgehead atoms. The molecule has 2 aromatic rings. The van der Waals surface area contributed by atoms with Gasteiger partial charge in [0.15, 0.2) is 0 Å². The highest BCUT2D eigenvalue weighted by Gasteiger charge is 2.45. The zero-order chi connectivity index (χ0) is 26.8. The maximum atomic E-state index is 13.3. The molecule has 6 nitrogen and oxygen atoms in total. The number of carbonyl (C=O) groups is 2. The molecule has 0 radical (unpaired) electrons. The Labute approximate surface area is 229 Å². The second-order valence-corrected chi connectivity index (χ2v) is 10.3. The van der Waals surface area contributed by atoms with Gasteiger partial charge >= 0.3 is 0 Å². The number of amides is 1. The van der Waals surface area contributed by atoms with Gasteiger partial charge in [0.1, 0.15) is 11.5 Å². The number of nitrogens with zero attached hydrogens (tertiary/aromatic N) is 2. The van der Waals surface area contributed by atoms with Crippen LogP contribution in [0, 0.1) is 0 Å². The van der Waals surface area contributed by atoms with Gasteiger partial charge in [0, 0.05) is 16.6 Å². The van der Waals surface area contributed by atoms with Gasteiger partial charge in [0.25, 0.3) is 11.7 Å². The first-order valence-corrected chi connectivity index (χ1v) is 14.2. The van der Waals surface area contributed by atoms with E-state index in [2.05, 4.69) is 34.7 Å². The van der Waals surface area contributed by atoms with E-state index in [0.29, 0.717) is 18.7 Å². The van der Waals surface area contributed by atoms with E-state index in [-0.39, 0.29) is 11.3 Å². The number of likely N-dealkylation sites (tertiary alicyclic amines) is 1. The van der Waals surface area contributed by atoms with Gasteiger partial charge < -0.3 is 19.6 Å². The zero-order valence-corrected chi connectivity index (χ0v) is 23.8. The highest BCUT2D eigenvalue weighted by atomic mass is 79.9. The van der Waals surface area contributed by atoms with Crippen molar-refractivity contribution in [3.63, 3.8) is 0 Å². The molecule has 1 aliphatic heterocycles. The van der Waals surface area contributed by atoms with Crippen LogP contribution in [0.2, 0.25) is 0 Å². The average Bonchev–Trinajstić information content (AvgIpc) is 3.15. The van der Waals surface area contributed by atoms with Crippen LogP contribution in [0.15, 0.2) is 58.6 Å². The lowest BCUT2D eigenvalue weighted by atomic mass is 9.95. The standard InChI is InChI=1S/C30H39BrN2O4/c1-4-7-18-32(19-8-5-2)20-9-21-33-27(22-12-16-25(17-13-22)37-6-3)26(29(35)30(33)36)28(34)23-10-14-24(31)15-11-23/h10-17,27,34H,4-9,18-21H2,1-3H3/b28-26+. The van der Waals surface area contributed by atoms with Crippen molar-refractivity contribution >= 4 is 33.4 Å². The van der Waals surface area contributed by atoms with E-state index in [4.69, 9.17) is 4.74 Å². The fourth-order valence-corrected chi connectivity index (χ4v) is 4.96. The topological polar surface area (TPSA) is 70.1 Å². The van der Waals surface area contributed by atoms with Crippen molar-refractivity contribution in [2.45, 2.75) is 58.9 Å². The van der Waals surface area contributed by atoms with Crippen LogP contribution in [0.3, 0.4) is 0 Å². The number of ether oxygens (including phenoxy) is 1. The number of rotatable bonds is 14. The van der Waals surface area contributed by atoms with E-state index in [0.717, 1.165) is 67.5 Å². The quantitative estimate of drug-likeness (QED) is 0.158. The van der Waals surface area contributed by atoms with Crippen LogP contribution in [-0.2, 0) is 9.59 Å². The second-order valence-electron chi connectivity index (χ2n) is 9.40. The molecule has 1 fully saturated rings. The second kappa shape index (κ2) is 14.3. The molecule has 1 unspecified atom stereocenters. The van der Waals surface area contributed by atoms with Crippen LogP contribution in [0.1, 0.15) is 70.0 Å². The molecule has 1 N–H and O–H groups in total. The van der Waals surface area contributed by atoms with Crippen molar-refractivity contribution in [2.75, 3.05) is 32.8 Å². The summed E-state index contributed by atoms with van der Waals surface area (Å²) >= 11 is 3.41. The van der Waals surface area contributed by atoms with Crippen molar-refractivity contribution in [1.29, 1.82) is 0 Å². The van der Waals surface area contributed by atoms with Crippen LogP contribution in [-0.4, -0.2) is 59.4 Å². The summed E-state index contributed by atoms with van der Waals surface area (Å²) in [4.78, 5) is 30.6. The summed E-state index contributed by atoms with van der Waals surface area (Å²) in [6.07, 6.45) is 5.34. The largest absolute Gasteiger partial charge is 0.507 e. The summed E-state index contributed by atoms with van der Waals surface area (Å²) in [5.41, 5.74) is 1.41. The summed E-state index contributed by atoms with van der Waals surface area (Å²) in [5, 5.41) is 11.2. The summed E-state index contributed by atoms with van der Waals surface area (Å²) in [5.74, 6) is -0.641. The fraction of sp³-hybridized carbons (Fsp3) is 0.467. The molecule has 3 rings (SSSR count). The third-order valence-corrected chi connectivity index (χ3v) is 7.22. The molecule has 37 heavy (non-hydrogen) atoms. The predicted molar refractivity (Wildman–Crippen MR) is 152 cm³/mol. The van der Waals surface area contributed by atoms with Gasteiger partial charge in [-0.05, 0) is 75.6 Å². The summed E-state index contributed by atoms with van der Waals surface area (Å²) in [7, 11) is 0. The Morgan fingerprint density at radius 3 is 2.08 bits per heavy atom. The Hall–Kier alpha value is -2.64. The molecule has 0 spiro atoms. The number of aliphatic hydroxyl groups is 1. The van der Waals surface area contributed by atoms with Crippen molar-refractivity contribution in [2.24, 2.45) is 0 Å². The molecule has 0 aliphatic carbocycles. The molecule has 7 heteroatoms. The van der Waals surface area contributed by atoms with Crippen LogP contribution < -0.4 is 4.74 Å². The first kappa shape index (κ1) is 28.9. The normalized spacial score (nSPS) is 17.1. The Balaban J connectivity index is 1.92. The summed E-state index contributed by atoms with van der Waals surface area (Å²) < 4.78 is 6.45. The number of benzene rings is 2. The van der Waals surface area contributed by atoms with Gasteiger partial charge in [-0.2, -0.15) is 0 Å². The lowest BCUT2D eigenvalue weighted by Gasteiger charge is -2.27. The zero-order valence-electron chi connectivity index (χ0n) is 22.2. The highest BCUT2D eigenvalue weighted by molar-refractivity contribution is 9.10. The lowest BCUT2D eigenvalue weighted by Crippen LogP contribution is -2.34. The fourth-order valence-electron chi connectivity index (χ4n) is 4.70. The van der Waals surface area contributed by atoms with Gasteiger partial charge in [0.2, 0.25) is 0 Å². The molecule has 1 atom stereocenters. The van der Waals surface area contributed by atoms with Gasteiger partial charge in [-0.3, -0.25) is 9.59 Å². The Morgan fingerprint density at radius 2 is 1.51 bits per heavy atom. The summed E-state index contributed by atoms with van der Waals surface area (Å²) in [6, 6.07) is 13.9. The van der Waals surface area contributed by atoms with Crippen LogP contribution in [0.25, 0.3) is 5.76 Å². The van der Waals surface area contributed by atoms with Crippen LogP contribution in [0.4, 0.5) is 0 Å². The SMILES string of the molecule is CCCCN(CCCC)CCCN1C(=O)C(=O)/C(=C(/O)c2ccc(Br)cc2)C1c1ccc(OCC)cc1. The monoisotopic (exact) mass is 570 g/mol. The smallest absolute Gasteiger partial charge is 0.295 e. The Bertz CT molecular complexity index is 1060. The molecule has 1 heterocycles. The van der Waals surface area contributed by atoms with Crippen LogP contribution in [0.5, 0.6) is 5.75 Å². The van der Waals surface area contributed by atoms with Gasteiger partial charge in [-0.15, -0.1) is 0 Å². The van der Waals surface area contributed by atoms with E-state index >= 15 is 0 Å². The maximum Gasteiger partial charge on any atom is 0.295 e. The van der Waals surface area contributed by atoms with Gasteiger partial charge in [-0.25, -0.2) is 0 Å². The molecule has 1 saturated heterocycles. The predicted octanol–water partition coefficient (Wildman–Crippen LogP) is 6.56. The Kier molecular flexibility index (Phi) is 11.2. The van der Waals surface area contributed by atoms with E-state index in [1.165, 1.54) is 0 Å². The van der Waals surface area contributed by atoms with Gasteiger partial charge in [-0.1, -0.05) is 66.9 Å². The summed E-state index contributed by atoms with van der Waals surface area (Å²) in [6.45, 7) is 10.3. The number of halogens is 1. The lowest BCUT2D eigenvalue weighted by molar-refractivity contribution is -0.140. The minimum Gasteiger partial charge on any atom is -0.507 e. The Morgan fingerprint density at radius 1 is 0.919 bits per heavy atom. The van der Waals surface area contributed by atoms with E-state index in [9.17, 15) is 14.7 Å². The van der Waals surface area contributed by atoms with Crippen molar-refractivity contribution < 1.29 is 19.4 Å². The minimum atomic E-state index is -0.654. The van der Waals surface area contributed by atoms with E-state index in [1.807, 2.05) is 31.2 Å². The molecule has 0 aromatic heterocycles. The number of unbranched alkanes of at least 4 members (excludes halogenated alkanes) is 2. The molecular formula is C30H39BrN2O4. The van der Waals surface area contributed by atoms with Crippen molar-refractivity contribution in [3.05, 3.63) is 69.7 Å². The molecule has 0 saturated carbocycles. The third-order valence-electron chi connectivity index (χ3n) is 6.69. The van der Waals surface area contributed by atoms with E-state index in [1.54, 1.807) is 29.2 Å². The van der Waals surface area contributed by atoms with E-state index < -0.39 is 17.7 Å². The van der Waals surface area contributed by atoms with Crippen molar-refractivity contribution in [1.82, 2.24) is 9.80 Å². The van der Waals surface area contributed by atoms with Gasteiger partial charge in [0.05, 0.1) is 18.2 Å². The number of ketones is 1. The molecule has 1 aliphatic rings. The molecular weight excluding hydrogens is 532 g/mol. The molecule has 200 valence electrons. The number of carbonyl (C=O) groups excluding carboxylic acids is 2. The molecule has 2 aromatic carbocycles. The number of aliphatic hydroxyl groups excluding tert-OH is 1. The van der Waals surface area contributed by atoms with Crippen molar-refractivity contribution in [3.8, 4) is 5.75 Å². The highest BCUT2D eigenvalue weighted by Crippen LogP contribution is 2.40. The van der Waals surface area contributed by atoms with Crippen LogP contribution >= 0.6 is 15.9 Å². The molecule has 1 amide bonds. The first-order valence-electron chi connectivity index (χ1n) is 13.4. The number of hydrogen-bond donors (Lipinski definition) is 1. The third kappa shape index (κ3) is 7.45. The maximum absolute atomic E-state index is 13.3.